The van der Waals surface area contributed by atoms with Crippen LogP contribution in [0.15, 0.2) is 12.7 Å². The summed E-state index contributed by atoms with van der Waals surface area (Å²) >= 11 is 0. The number of rotatable bonds is 4. The molecule has 5 nitrogen and oxygen atoms in total. The first-order valence-electron chi connectivity index (χ1n) is 7.90. The van der Waals surface area contributed by atoms with Crippen molar-refractivity contribution in [3.63, 3.8) is 0 Å². The fourth-order valence-electron chi connectivity index (χ4n) is 3.69. The number of carbonyl (C=O) groups excluding carboxylic acids is 1. The zero-order valence-corrected chi connectivity index (χ0v) is 12.5. The number of nitrogens with zero attached hydrogens (tertiary/aromatic N) is 1. The van der Waals surface area contributed by atoms with E-state index < -0.39 is 18.1 Å². The van der Waals surface area contributed by atoms with E-state index in [2.05, 4.69) is 6.58 Å². The van der Waals surface area contributed by atoms with Crippen molar-refractivity contribution in [3.05, 3.63) is 12.7 Å². The van der Waals surface area contributed by atoms with Gasteiger partial charge in [-0.05, 0) is 24.7 Å². The Morgan fingerprint density at radius 1 is 1.19 bits per heavy atom. The molecular weight excluding hydrogens is 270 g/mol. The van der Waals surface area contributed by atoms with Gasteiger partial charge < -0.3 is 9.84 Å². The van der Waals surface area contributed by atoms with Crippen molar-refractivity contribution < 1.29 is 19.4 Å². The Balaban J connectivity index is 1.98. The van der Waals surface area contributed by atoms with E-state index in [1.807, 2.05) is 0 Å². The Hall–Kier alpha value is -1.52. The largest absolute Gasteiger partial charge is 0.480 e. The molecule has 1 heterocycles. The molecule has 2 atom stereocenters. The maximum Gasteiger partial charge on any atom is 0.410 e. The minimum atomic E-state index is -0.925. The van der Waals surface area contributed by atoms with Crippen molar-refractivity contribution in [2.24, 2.45) is 11.8 Å². The first-order chi connectivity index (χ1) is 10.1. The van der Waals surface area contributed by atoms with Crippen LogP contribution in [0.25, 0.3) is 0 Å². The van der Waals surface area contributed by atoms with E-state index in [1.165, 1.54) is 43.1 Å². The number of amides is 1. The van der Waals surface area contributed by atoms with Crippen LogP contribution in [0.2, 0.25) is 0 Å². The molecule has 1 aliphatic carbocycles. The number of carboxylic acids is 1. The minimum absolute atomic E-state index is 0.119. The Bertz CT molecular complexity index is 390. The van der Waals surface area contributed by atoms with Gasteiger partial charge in [-0.2, -0.15) is 0 Å². The fourth-order valence-corrected chi connectivity index (χ4v) is 3.69. The van der Waals surface area contributed by atoms with Gasteiger partial charge in [0.05, 0.1) is 0 Å². The third-order valence-corrected chi connectivity index (χ3v) is 4.80. The van der Waals surface area contributed by atoms with E-state index in [4.69, 9.17) is 4.74 Å². The molecule has 1 N–H and O–H groups in total. The third kappa shape index (κ3) is 3.99. The molecule has 0 bridgehead atoms. The zero-order valence-electron chi connectivity index (χ0n) is 12.5. The normalized spacial score (nSPS) is 27.1. The number of aliphatic carboxylic acids is 1. The molecule has 5 heteroatoms. The monoisotopic (exact) mass is 295 g/mol. The lowest BCUT2D eigenvalue weighted by Gasteiger charge is -2.40. The molecule has 1 saturated heterocycles. The van der Waals surface area contributed by atoms with Crippen LogP contribution in [0.5, 0.6) is 0 Å². The van der Waals surface area contributed by atoms with Crippen LogP contribution < -0.4 is 0 Å². The molecular formula is C16H25NO4. The van der Waals surface area contributed by atoms with Crippen LogP contribution in [0.4, 0.5) is 4.79 Å². The van der Waals surface area contributed by atoms with Crippen LogP contribution in [0, 0.1) is 11.8 Å². The average Bonchev–Trinajstić information content (AvgIpc) is 2.52. The van der Waals surface area contributed by atoms with E-state index in [0.29, 0.717) is 24.8 Å². The fraction of sp³-hybridized carbons (Fsp3) is 0.750. The number of carboxylic acid groups (broad SMARTS) is 1. The van der Waals surface area contributed by atoms with Crippen molar-refractivity contribution in [2.75, 3.05) is 13.2 Å². The van der Waals surface area contributed by atoms with E-state index in [9.17, 15) is 14.7 Å². The zero-order chi connectivity index (χ0) is 15.2. The van der Waals surface area contributed by atoms with Gasteiger partial charge in [0.2, 0.25) is 0 Å². The van der Waals surface area contributed by atoms with Crippen molar-refractivity contribution >= 4 is 12.1 Å². The molecule has 1 amide bonds. The van der Waals surface area contributed by atoms with Gasteiger partial charge in [-0.1, -0.05) is 44.8 Å². The van der Waals surface area contributed by atoms with Crippen LogP contribution >= 0.6 is 0 Å². The van der Waals surface area contributed by atoms with Gasteiger partial charge in [0.15, 0.2) is 0 Å². The van der Waals surface area contributed by atoms with Crippen molar-refractivity contribution in [3.8, 4) is 0 Å². The Kier molecular flexibility index (Phi) is 5.65. The molecule has 0 radical (unpaired) electrons. The number of hydrogen-bond donors (Lipinski definition) is 1. The lowest BCUT2D eigenvalue weighted by molar-refractivity contribution is -0.145. The van der Waals surface area contributed by atoms with Gasteiger partial charge in [0.1, 0.15) is 12.6 Å². The topological polar surface area (TPSA) is 66.8 Å². The second kappa shape index (κ2) is 7.48. The molecule has 2 rings (SSSR count). The van der Waals surface area contributed by atoms with Crippen LogP contribution in [-0.4, -0.2) is 41.3 Å². The van der Waals surface area contributed by atoms with Gasteiger partial charge in [-0.3, -0.25) is 4.90 Å². The van der Waals surface area contributed by atoms with Crippen LogP contribution in [0.1, 0.15) is 44.9 Å². The minimum Gasteiger partial charge on any atom is -0.480 e. The molecule has 1 saturated carbocycles. The number of likely N-dealkylation sites (tertiary alicyclic amines) is 1. The highest BCUT2D eigenvalue weighted by Crippen LogP contribution is 2.37. The van der Waals surface area contributed by atoms with Crippen molar-refractivity contribution in [1.82, 2.24) is 4.90 Å². The maximum atomic E-state index is 11.9. The number of carbonyl (C=O) groups is 2. The Labute approximate surface area is 126 Å². The SMILES string of the molecule is C=CCOC(=O)N1CC[C@@H](C2CCCCC2)C[C@H]1C(=O)O. The van der Waals surface area contributed by atoms with Crippen LogP contribution in [-0.2, 0) is 9.53 Å². The number of hydrogen-bond acceptors (Lipinski definition) is 3. The molecule has 0 aromatic rings. The third-order valence-electron chi connectivity index (χ3n) is 4.80. The van der Waals surface area contributed by atoms with E-state index in [1.54, 1.807) is 0 Å². The smallest absolute Gasteiger partial charge is 0.410 e. The van der Waals surface area contributed by atoms with Gasteiger partial charge >= 0.3 is 12.1 Å². The number of piperidine rings is 1. The summed E-state index contributed by atoms with van der Waals surface area (Å²) in [4.78, 5) is 24.8. The summed E-state index contributed by atoms with van der Waals surface area (Å²) in [6.45, 7) is 4.09. The lowest BCUT2D eigenvalue weighted by atomic mass is 9.74. The highest BCUT2D eigenvalue weighted by atomic mass is 16.6. The van der Waals surface area contributed by atoms with E-state index in [0.717, 1.165) is 6.42 Å². The molecule has 0 aromatic heterocycles. The Morgan fingerprint density at radius 2 is 1.90 bits per heavy atom. The predicted octanol–water partition coefficient (Wildman–Crippen LogP) is 3.05. The van der Waals surface area contributed by atoms with Gasteiger partial charge in [0, 0.05) is 6.54 Å². The predicted molar refractivity (Wildman–Crippen MR) is 79.0 cm³/mol. The molecule has 0 unspecified atom stereocenters. The number of ether oxygens (including phenoxy) is 1. The molecule has 0 aromatic carbocycles. The first kappa shape index (κ1) is 15.9. The molecule has 2 fully saturated rings. The second-order valence-corrected chi connectivity index (χ2v) is 6.10. The van der Waals surface area contributed by atoms with E-state index >= 15 is 0 Å². The summed E-state index contributed by atoms with van der Waals surface area (Å²) < 4.78 is 5.00. The summed E-state index contributed by atoms with van der Waals surface area (Å²) in [7, 11) is 0. The summed E-state index contributed by atoms with van der Waals surface area (Å²) in [5, 5.41) is 9.43. The van der Waals surface area contributed by atoms with Crippen LogP contribution in [0.3, 0.4) is 0 Å². The lowest BCUT2D eigenvalue weighted by Crippen LogP contribution is -2.51. The summed E-state index contributed by atoms with van der Waals surface area (Å²) in [6, 6.07) is -0.747. The molecule has 0 spiro atoms. The van der Waals surface area contributed by atoms with Crippen molar-refractivity contribution in [1.29, 1.82) is 0 Å². The molecule has 1 aliphatic heterocycles. The summed E-state index contributed by atoms with van der Waals surface area (Å²) in [6.07, 6.45) is 8.61. The molecule has 2 aliphatic rings. The Morgan fingerprint density at radius 3 is 2.52 bits per heavy atom. The highest BCUT2D eigenvalue weighted by Gasteiger charge is 2.39. The summed E-state index contributed by atoms with van der Waals surface area (Å²) in [5.74, 6) is 0.132. The standard InChI is InChI=1S/C16H25NO4/c1-2-10-21-16(20)17-9-8-13(11-14(17)15(18)19)12-6-4-3-5-7-12/h2,12-14H,1,3-11H2,(H,18,19)/t13-,14+/m1/s1. The van der Waals surface area contributed by atoms with E-state index in [-0.39, 0.29) is 6.61 Å². The van der Waals surface area contributed by atoms with Gasteiger partial charge in [0.25, 0.3) is 0 Å². The second-order valence-electron chi connectivity index (χ2n) is 6.10. The quantitative estimate of drug-likeness (QED) is 0.809. The molecule has 21 heavy (non-hydrogen) atoms. The maximum absolute atomic E-state index is 11.9. The van der Waals surface area contributed by atoms with Gasteiger partial charge in [-0.25, -0.2) is 9.59 Å². The highest BCUT2D eigenvalue weighted by molar-refractivity contribution is 5.80. The van der Waals surface area contributed by atoms with Crippen molar-refractivity contribution in [2.45, 2.75) is 51.0 Å². The molecule has 118 valence electrons. The average molecular weight is 295 g/mol. The first-order valence-corrected chi connectivity index (χ1v) is 7.90. The summed E-state index contributed by atoms with van der Waals surface area (Å²) in [5.41, 5.74) is 0. The van der Waals surface area contributed by atoms with Gasteiger partial charge in [-0.15, -0.1) is 0 Å².